The zero-order valence-electron chi connectivity index (χ0n) is 16.2. The minimum Gasteiger partial charge on any atom is -0.323 e. The lowest BCUT2D eigenvalue weighted by Gasteiger charge is -2.05. The fraction of sp³-hybridized carbons (Fsp3) is 0.0417. The first-order valence-electron chi connectivity index (χ1n) is 9.47. The highest BCUT2D eigenvalue weighted by Crippen LogP contribution is 2.24. The first-order valence-corrected chi connectivity index (χ1v) is 10.5. The van der Waals surface area contributed by atoms with E-state index in [1.54, 1.807) is 34.9 Å². The van der Waals surface area contributed by atoms with Crippen LogP contribution < -0.4 is 5.32 Å². The summed E-state index contributed by atoms with van der Waals surface area (Å²) in [5.74, 6) is 0.678. The first-order chi connectivity index (χ1) is 14.8. The summed E-state index contributed by atoms with van der Waals surface area (Å²) in [7, 11) is 0. The highest BCUT2D eigenvalue weighted by atomic mass is 32.2. The van der Waals surface area contributed by atoms with Crippen molar-refractivity contribution in [3.05, 3.63) is 109 Å². The van der Waals surface area contributed by atoms with Gasteiger partial charge in [-0.1, -0.05) is 24.3 Å². The number of aromatic nitrogens is 3. The van der Waals surface area contributed by atoms with Gasteiger partial charge in [0.1, 0.15) is 0 Å². The Balaban J connectivity index is 1.30. The lowest BCUT2D eigenvalue weighted by Crippen LogP contribution is -2.07. The number of nitrogens with one attached hydrogen (secondary N) is 1. The number of para-hydroxylation sites is 1. The van der Waals surface area contributed by atoms with Crippen LogP contribution in [0.4, 0.5) is 5.69 Å². The zero-order chi connectivity index (χ0) is 20.6. The summed E-state index contributed by atoms with van der Waals surface area (Å²) in [5.41, 5.74) is 3.77. The molecule has 6 heteroatoms. The van der Waals surface area contributed by atoms with Crippen molar-refractivity contribution in [3.8, 4) is 5.69 Å². The summed E-state index contributed by atoms with van der Waals surface area (Å²) < 4.78 is 1.78. The molecule has 0 saturated carbocycles. The van der Waals surface area contributed by atoms with Crippen LogP contribution in [-0.4, -0.2) is 20.7 Å². The van der Waals surface area contributed by atoms with Gasteiger partial charge in [-0.2, -0.15) is 5.10 Å². The monoisotopic (exact) mass is 412 g/mol. The molecule has 30 heavy (non-hydrogen) atoms. The standard InChI is InChI=1S/C24H20N4OS/c29-24(13-8-19-16-26-28(17-19)22-6-2-1-3-7-22)27-21-9-11-23(12-10-21)30-18-20-5-4-14-25-15-20/h1-17H,18H2,(H,27,29)/b13-8+. The molecule has 2 aromatic carbocycles. The third-order valence-electron chi connectivity index (χ3n) is 4.30. The molecule has 2 aromatic heterocycles. The number of hydrogen-bond donors (Lipinski definition) is 1. The molecular formula is C24H20N4OS. The molecule has 0 unspecified atom stereocenters. The molecule has 1 amide bonds. The third kappa shape index (κ3) is 5.46. The molecule has 0 aliphatic rings. The molecule has 0 atom stereocenters. The number of nitrogens with zero attached hydrogens (tertiary/aromatic N) is 3. The van der Waals surface area contributed by atoms with Crippen molar-refractivity contribution in [2.24, 2.45) is 0 Å². The number of benzene rings is 2. The van der Waals surface area contributed by atoms with Crippen molar-refractivity contribution in [2.75, 3.05) is 5.32 Å². The van der Waals surface area contributed by atoms with Gasteiger partial charge >= 0.3 is 0 Å². The van der Waals surface area contributed by atoms with E-state index in [1.807, 2.05) is 73.1 Å². The summed E-state index contributed by atoms with van der Waals surface area (Å²) in [6, 6.07) is 21.7. The van der Waals surface area contributed by atoms with Gasteiger partial charge in [-0.3, -0.25) is 9.78 Å². The second-order valence-electron chi connectivity index (χ2n) is 6.55. The van der Waals surface area contributed by atoms with E-state index in [-0.39, 0.29) is 5.91 Å². The molecular weight excluding hydrogens is 392 g/mol. The average molecular weight is 413 g/mol. The number of carbonyl (C=O) groups excluding carboxylic acids is 1. The molecule has 4 aromatic rings. The van der Waals surface area contributed by atoms with Gasteiger partial charge in [0.25, 0.3) is 0 Å². The predicted molar refractivity (Wildman–Crippen MR) is 121 cm³/mol. The van der Waals surface area contributed by atoms with Crippen molar-refractivity contribution in [2.45, 2.75) is 10.6 Å². The molecule has 0 bridgehead atoms. The van der Waals surface area contributed by atoms with Crippen molar-refractivity contribution in [3.63, 3.8) is 0 Å². The Morgan fingerprint density at radius 1 is 1.00 bits per heavy atom. The Morgan fingerprint density at radius 3 is 2.60 bits per heavy atom. The van der Waals surface area contributed by atoms with E-state index in [9.17, 15) is 4.79 Å². The van der Waals surface area contributed by atoms with Gasteiger partial charge in [-0.15, -0.1) is 11.8 Å². The Morgan fingerprint density at radius 2 is 1.83 bits per heavy atom. The van der Waals surface area contributed by atoms with Crippen molar-refractivity contribution in [1.29, 1.82) is 0 Å². The van der Waals surface area contributed by atoms with Gasteiger partial charge in [0.15, 0.2) is 0 Å². The third-order valence-corrected chi connectivity index (χ3v) is 5.38. The van der Waals surface area contributed by atoms with Gasteiger partial charge in [0.05, 0.1) is 11.9 Å². The maximum Gasteiger partial charge on any atom is 0.248 e. The van der Waals surface area contributed by atoms with Gasteiger partial charge in [0.2, 0.25) is 5.91 Å². The summed E-state index contributed by atoms with van der Waals surface area (Å²) in [5, 5.41) is 7.20. The molecule has 4 rings (SSSR count). The maximum atomic E-state index is 12.2. The zero-order valence-corrected chi connectivity index (χ0v) is 17.0. The van der Waals surface area contributed by atoms with Crippen LogP contribution in [0.3, 0.4) is 0 Å². The second-order valence-corrected chi connectivity index (χ2v) is 7.60. The molecule has 0 radical (unpaired) electrons. The number of hydrogen-bond acceptors (Lipinski definition) is 4. The highest BCUT2D eigenvalue weighted by Gasteiger charge is 2.02. The normalized spacial score (nSPS) is 10.9. The van der Waals surface area contributed by atoms with E-state index in [4.69, 9.17) is 0 Å². The number of thioether (sulfide) groups is 1. The van der Waals surface area contributed by atoms with E-state index in [1.165, 1.54) is 11.6 Å². The van der Waals surface area contributed by atoms with E-state index in [2.05, 4.69) is 21.5 Å². The maximum absolute atomic E-state index is 12.2. The Hall–Kier alpha value is -3.64. The van der Waals surface area contributed by atoms with E-state index >= 15 is 0 Å². The SMILES string of the molecule is O=C(/C=C/c1cnn(-c2ccccc2)c1)Nc1ccc(SCc2cccnc2)cc1. The Kier molecular flexibility index (Phi) is 6.37. The van der Waals surface area contributed by atoms with Gasteiger partial charge in [-0.05, 0) is 54.1 Å². The second kappa shape index (κ2) is 9.71. The van der Waals surface area contributed by atoms with Crippen molar-refractivity contribution < 1.29 is 4.79 Å². The molecule has 0 spiro atoms. The van der Waals surface area contributed by atoms with E-state index < -0.39 is 0 Å². The van der Waals surface area contributed by atoms with Crippen molar-refractivity contribution in [1.82, 2.24) is 14.8 Å². The summed E-state index contributed by atoms with van der Waals surface area (Å²) in [6.45, 7) is 0. The smallest absolute Gasteiger partial charge is 0.248 e. The van der Waals surface area contributed by atoms with E-state index in [0.717, 1.165) is 27.6 Å². The van der Waals surface area contributed by atoms with Crippen LogP contribution in [0, 0.1) is 0 Å². The van der Waals surface area contributed by atoms with Gasteiger partial charge in [0, 0.05) is 46.6 Å². The number of carbonyl (C=O) groups is 1. The van der Waals surface area contributed by atoms with Crippen LogP contribution in [0.1, 0.15) is 11.1 Å². The van der Waals surface area contributed by atoms with Gasteiger partial charge < -0.3 is 5.32 Å². The lowest BCUT2D eigenvalue weighted by molar-refractivity contribution is -0.111. The fourth-order valence-electron chi connectivity index (χ4n) is 2.79. The Bertz CT molecular complexity index is 1120. The molecule has 1 N–H and O–H groups in total. The molecule has 148 valence electrons. The van der Waals surface area contributed by atoms with Crippen LogP contribution in [0.25, 0.3) is 11.8 Å². The topological polar surface area (TPSA) is 59.8 Å². The summed E-state index contributed by atoms with van der Waals surface area (Å²) in [4.78, 5) is 17.5. The largest absolute Gasteiger partial charge is 0.323 e. The van der Waals surface area contributed by atoms with Crippen LogP contribution in [-0.2, 0) is 10.5 Å². The molecule has 0 aliphatic heterocycles. The average Bonchev–Trinajstić information content (AvgIpc) is 3.28. The number of amides is 1. The first kappa shape index (κ1) is 19.7. The summed E-state index contributed by atoms with van der Waals surface area (Å²) >= 11 is 1.73. The summed E-state index contributed by atoms with van der Waals surface area (Å²) in [6.07, 6.45) is 10.5. The van der Waals surface area contributed by atoms with Crippen LogP contribution in [0.5, 0.6) is 0 Å². The van der Waals surface area contributed by atoms with Gasteiger partial charge in [-0.25, -0.2) is 4.68 Å². The predicted octanol–water partition coefficient (Wildman–Crippen LogP) is 5.21. The van der Waals surface area contributed by atoms with Crippen LogP contribution in [0.15, 0.2) is 102 Å². The van der Waals surface area contributed by atoms with E-state index in [0.29, 0.717) is 0 Å². The minimum atomic E-state index is -0.182. The lowest BCUT2D eigenvalue weighted by atomic mass is 10.3. The van der Waals surface area contributed by atoms with Crippen molar-refractivity contribution >= 4 is 29.4 Å². The molecule has 5 nitrogen and oxygen atoms in total. The molecule has 0 saturated heterocycles. The number of anilines is 1. The number of rotatable bonds is 7. The fourth-order valence-corrected chi connectivity index (χ4v) is 3.62. The highest BCUT2D eigenvalue weighted by molar-refractivity contribution is 7.98. The minimum absolute atomic E-state index is 0.182. The number of pyridine rings is 1. The molecule has 0 aliphatic carbocycles. The molecule has 2 heterocycles. The van der Waals surface area contributed by atoms with Crippen LogP contribution in [0.2, 0.25) is 0 Å². The Labute approximate surface area is 179 Å². The quantitative estimate of drug-likeness (QED) is 0.334. The molecule has 0 fully saturated rings. The van der Waals surface area contributed by atoms with Crippen LogP contribution >= 0.6 is 11.8 Å².